The molecule has 4 nitrogen and oxygen atoms in total. The van der Waals surface area contributed by atoms with Gasteiger partial charge >= 0.3 is 0 Å². The van der Waals surface area contributed by atoms with Crippen LogP contribution in [-0.2, 0) is 9.53 Å². The Morgan fingerprint density at radius 1 is 1.38 bits per heavy atom. The second kappa shape index (κ2) is 4.79. The molecular formula is C8H17ClN2O2. The van der Waals surface area contributed by atoms with Crippen molar-refractivity contribution in [2.45, 2.75) is 18.4 Å². The van der Waals surface area contributed by atoms with Crippen molar-refractivity contribution in [1.29, 1.82) is 0 Å². The minimum absolute atomic E-state index is 0. The number of likely N-dealkylation sites (N-methyl/N-ethyl adjacent to an activating group) is 1. The minimum atomic E-state index is -0.474. The number of carbonyl (C=O) groups excluding carboxylic acids is 1. The number of carbonyl (C=O) groups is 1. The molecule has 0 radical (unpaired) electrons. The summed E-state index contributed by atoms with van der Waals surface area (Å²) >= 11 is 0. The van der Waals surface area contributed by atoms with Crippen LogP contribution in [0.2, 0.25) is 0 Å². The van der Waals surface area contributed by atoms with E-state index in [9.17, 15) is 4.79 Å². The summed E-state index contributed by atoms with van der Waals surface area (Å²) < 4.78 is 5.19. The molecule has 1 aliphatic rings. The highest BCUT2D eigenvalue weighted by atomic mass is 35.5. The van der Waals surface area contributed by atoms with Crippen LogP contribution < -0.4 is 5.73 Å². The Hall–Kier alpha value is -0.320. The predicted octanol–water partition coefficient (Wildman–Crippen LogP) is 0.00430. The third-order valence-corrected chi connectivity index (χ3v) is 2.63. The maximum atomic E-state index is 11.2. The number of ether oxygens (including phenoxy) is 1. The quantitative estimate of drug-likeness (QED) is 0.696. The van der Waals surface area contributed by atoms with E-state index in [0.717, 1.165) is 0 Å². The fourth-order valence-corrected chi connectivity index (χ4v) is 1.62. The summed E-state index contributed by atoms with van der Waals surface area (Å²) in [5.41, 5.74) is 4.89. The van der Waals surface area contributed by atoms with E-state index in [-0.39, 0.29) is 18.3 Å². The van der Waals surface area contributed by atoms with Gasteiger partial charge in [0, 0.05) is 13.2 Å². The first kappa shape index (κ1) is 12.7. The molecule has 0 unspecified atom stereocenters. The highest BCUT2D eigenvalue weighted by Crippen LogP contribution is 2.25. The molecule has 0 bridgehead atoms. The Morgan fingerprint density at radius 2 is 1.85 bits per heavy atom. The van der Waals surface area contributed by atoms with Crippen molar-refractivity contribution in [1.82, 2.24) is 4.90 Å². The summed E-state index contributed by atoms with van der Waals surface area (Å²) in [6.07, 6.45) is 1.41. The molecule has 5 heteroatoms. The highest BCUT2D eigenvalue weighted by molar-refractivity contribution is 5.85. The van der Waals surface area contributed by atoms with E-state index in [1.54, 1.807) is 0 Å². The van der Waals surface area contributed by atoms with Gasteiger partial charge in [0.2, 0.25) is 5.91 Å². The number of nitrogens with two attached hydrogens (primary N) is 1. The lowest BCUT2D eigenvalue weighted by molar-refractivity contribution is -0.134. The van der Waals surface area contributed by atoms with Crippen LogP contribution in [0.4, 0.5) is 0 Å². The maximum absolute atomic E-state index is 11.2. The number of nitrogens with zero attached hydrogens (tertiary/aromatic N) is 1. The Labute approximate surface area is 84.8 Å². The molecule has 0 spiro atoms. The summed E-state index contributed by atoms with van der Waals surface area (Å²) in [6, 6.07) is 0. The normalized spacial score (nSPS) is 20.8. The SMILES string of the molecule is CN(C)C1(C(N)=O)CCOCC1.Cl. The van der Waals surface area contributed by atoms with Crippen LogP contribution in [0.1, 0.15) is 12.8 Å². The molecule has 0 atom stereocenters. The summed E-state index contributed by atoms with van der Waals surface area (Å²) in [7, 11) is 3.77. The van der Waals surface area contributed by atoms with E-state index in [0.29, 0.717) is 26.1 Å². The third-order valence-electron chi connectivity index (χ3n) is 2.63. The highest BCUT2D eigenvalue weighted by Gasteiger charge is 2.40. The predicted molar refractivity (Wildman–Crippen MR) is 52.9 cm³/mol. The Morgan fingerprint density at radius 3 is 2.08 bits per heavy atom. The van der Waals surface area contributed by atoms with Gasteiger partial charge in [0.15, 0.2) is 0 Å². The van der Waals surface area contributed by atoms with Crippen LogP contribution in [0.25, 0.3) is 0 Å². The maximum Gasteiger partial charge on any atom is 0.238 e. The van der Waals surface area contributed by atoms with Crippen LogP contribution in [-0.4, -0.2) is 43.7 Å². The Bertz CT molecular complexity index is 179. The molecule has 1 amide bonds. The van der Waals surface area contributed by atoms with E-state index in [1.807, 2.05) is 19.0 Å². The zero-order chi connectivity index (χ0) is 9.19. The molecular weight excluding hydrogens is 192 g/mol. The number of rotatable bonds is 2. The van der Waals surface area contributed by atoms with Crippen LogP contribution in [0.5, 0.6) is 0 Å². The van der Waals surface area contributed by atoms with Crippen molar-refractivity contribution < 1.29 is 9.53 Å². The second-order valence-corrected chi connectivity index (χ2v) is 3.40. The molecule has 0 aliphatic carbocycles. The Balaban J connectivity index is 0.00000144. The summed E-state index contributed by atoms with van der Waals surface area (Å²) in [5.74, 6) is -0.240. The number of hydrogen-bond donors (Lipinski definition) is 1. The molecule has 2 N–H and O–H groups in total. The van der Waals surface area contributed by atoms with Crippen molar-refractivity contribution in [2.75, 3.05) is 27.3 Å². The molecule has 0 aromatic heterocycles. The van der Waals surface area contributed by atoms with Crippen LogP contribution >= 0.6 is 12.4 Å². The van der Waals surface area contributed by atoms with E-state index in [2.05, 4.69) is 0 Å². The largest absolute Gasteiger partial charge is 0.381 e. The van der Waals surface area contributed by atoms with E-state index < -0.39 is 5.54 Å². The summed E-state index contributed by atoms with van der Waals surface area (Å²) in [5, 5.41) is 0. The molecule has 1 aliphatic heterocycles. The molecule has 1 rings (SSSR count). The fourth-order valence-electron chi connectivity index (χ4n) is 1.62. The number of amides is 1. The van der Waals surface area contributed by atoms with Crippen molar-refractivity contribution >= 4 is 18.3 Å². The molecule has 0 aromatic rings. The zero-order valence-electron chi connectivity index (χ0n) is 8.08. The van der Waals surface area contributed by atoms with Gasteiger partial charge in [-0.05, 0) is 26.9 Å². The van der Waals surface area contributed by atoms with Crippen molar-refractivity contribution in [3.8, 4) is 0 Å². The average Bonchev–Trinajstić information content (AvgIpc) is 2.05. The number of hydrogen-bond acceptors (Lipinski definition) is 3. The lowest BCUT2D eigenvalue weighted by Crippen LogP contribution is -2.57. The van der Waals surface area contributed by atoms with E-state index >= 15 is 0 Å². The molecule has 78 valence electrons. The van der Waals surface area contributed by atoms with Gasteiger partial charge in [-0.15, -0.1) is 12.4 Å². The monoisotopic (exact) mass is 208 g/mol. The van der Waals surface area contributed by atoms with Crippen molar-refractivity contribution in [3.63, 3.8) is 0 Å². The van der Waals surface area contributed by atoms with E-state index in [4.69, 9.17) is 10.5 Å². The van der Waals surface area contributed by atoms with Gasteiger partial charge in [-0.25, -0.2) is 0 Å². The molecule has 1 saturated heterocycles. The van der Waals surface area contributed by atoms with Gasteiger partial charge in [-0.1, -0.05) is 0 Å². The molecule has 1 fully saturated rings. The van der Waals surface area contributed by atoms with Crippen molar-refractivity contribution in [2.24, 2.45) is 5.73 Å². The van der Waals surface area contributed by atoms with Crippen LogP contribution in [0, 0.1) is 0 Å². The van der Waals surface area contributed by atoms with Gasteiger partial charge in [-0.2, -0.15) is 0 Å². The summed E-state index contributed by atoms with van der Waals surface area (Å²) in [6.45, 7) is 1.25. The first-order chi connectivity index (χ1) is 5.59. The standard InChI is InChI=1S/C8H16N2O2.ClH/c1-10(2)8(7(9)11)3-5-12-6-4-8;/h3-6H2,1-2H3,(H2,9,11);1H. The van der Waals surface area contributed by atoms with Gasteiger partial charge < -0.3 is 10.5 Å². The molecule has 1 heterocycles. The lowest BCUT2D eigenvalue weighted by Gasteiger charge is -2.39. The molecule has 13 heavy (non-hydrogen) atoms. The summed E-state index contributed by atoms with van der Waals surface area (Å²) in [4.78, 5) is 13.1. The topological polar surface area (TPSA) is 55.6 Å². The first-order valence-electron chi connectivity index (χ1n) is 4.15. The number of primary amides is 1. The average molecular weight is 209 g/mol. The van der Waals surface area contributed by atoms with E-state index in [1.165, 1.54) is 0 Å². The van der Waals surface area contributed by atoms with Gasteiger partial charge in [0.05, 0.1) is 0 Å². The fraction of sp³-hybridized carbons (Fsp3) is 0.875. The number of halogens is 1. The van der Waals surface area contributed by atoms with Gasteiger partial charge in [0.25, 0.3) is 0 Å². The van der Waals surface area contributed by atoms with Crippen molar-refractivity contribution in [3.05, 3.63) is 0 Å². The van der Waals surface area contributed by atoms with Gasteiger partial charge in [-0.3, -0.25) is 9.69 Å². The Kier molecular flexibility index (Phi) is 4.67. The zero-order valence-corrected chi connectivity index (χ0v) is 8.89. The lowest BCUT2D eigenvalue weighted by atomic mass is 9.88. The first-order valence-corrected chi connectivity index (χ1v) is 4.15. The second-order valence-electron chi connectivity index (χ2n) is 3.40. The smallest absolute Gasteiger partial charge is 0.238 e. The molecule has 0 saturated carbocycles. The molecule has 0 aromatic carbocycles. The van der Waals surface area contributed by atoms with Gasteiger partial charge in [0.1, 0.15) is 5.54 Å². The van der Waals surface area contributed by atoms with Crippen LogP contribution in [0.15, 0.2) is 0 Å². The van der Waals surface area contributed by atoms with Crippen LogP contribution in [0.3, 0.4) is 0 Å². The third kappa shape index (κ3) is 2.33. The minimum Gasteiger partial charge on any atom is -0.381 e.